The molecular formula is C11H10N4O2. The maximum absolute atomic E-state index is 10.5. The van der Waals surface area contributed by atoms with Gasteiger partial charge in [0.25, 0.3) is 5.69 Å². The lowest BCUT2D eigenvalue weighted by atomic mass is 10.3. The van der Waals surface area contributed by atoms with Gasteiger partial charge in [0.2, 0.25) is 0 Å². The van der Waals surface area contributed by atoms with E-state index in [9.17, 15) is 10.1 Å². The number of nitrogens with zero attached hydrogens (tertiary/aromatic N) is 4. The summed E-state index contributed by atoms with van der Waals surface area (Å²) >= 11 is 0. The first-order valence-corrected chi connectivity index (χ1v) is 5.44. The van der Waals surface area contributed by atoms with Crippen molar-refractivity contribution in [2.75, 3.05) is 0 Å². The molecule has 0 bridgehead atoms. The van der Waals surface area contributed by atoms with Crippen molar-refractivity contribution in [3.63, 3.8) is 0 Å². The van der Waals surface area contributed by atoms with Gasteiger partial charge in [-0.3, -0.25) is 10.1 Å². The van der Waals surface area contributed by atoms with E-state index in [-0.39, 0.29) is 5.69 Å². The number of hydrogen-bond donors (Lipinski definition) is 0. The maximum atomic E-state index is 10.5. The molecule has 6 heteroatoms. The fourth-order valence-corrected chi connectivity index (χ4v) is 2.00. The third kappa shape index (κ3) is 1.67. The van der Waals surface area contributed by atoms with Gasteiger partial charge < -0.3 is 0 Å². The molecule has 17 heavy (non-hydrogen) atoms. The lowest BCUT2D eigenvalue weighted by Gasteiger charge is -1.99. The molecule has 1 aromatic carbocycles. The van der Waals surface area contributed by atoms with Crippen molar-refractivity contribution in [3.8, 4) is 5.69 Å². The molecule has 6 nitrogen and oxygen atoms in total. The summed E-state index contributed by atoms with van der Waals surface area (Å²) in [6.07, 6.45) is 3.07. The van der Waals surface area contributed by atoms with E-state index in [4.69, 9.17) is 0 Å². The third-order valence-corrected chi connectivity index (χ3v) is 2.88. The number of nitro benzene ring substituents is 1. The van der Waals surface area contributed by atoms with Crippen molar-refractivity contribution in [1.29, 1.82) is 0 Å². The Balaban J connectivity index is 1.95. The Hall–Kier alpha value is -2.24. The summed E-state index contributed by atoms with van der Waals surface area (Å²) in [4.78, 5) is 11.7. The average molecular weight is 230 g/mol. The van der Waals surface area contributed by atoms with Crippen LogP contribution in [0.1, 0.15) is 17.8 Å². The van der Waals surface area contributed by atoms with Crippen LogP contribution in [0.5, 0.6) is 0 Å². The van der Waals surface area contributed by atoms with Crippen LogP contribution in [0.4, 0.5) is 5.69 Å². The molecule has 0 fully saturated rings. The molecule has 0 spiro atoms. The summed E-state index contributed by atoms with van der Waals surface area (Å²) in [5.74, 6) is 0. The SMILES string of the molecule is O=[N+]([O-])c1ccc(-n2nc3c(n2)CCC3)cc1. The van der Waals surface area contributed by atoms with E-state index >= 15 is 0 Å². The molecule has 0 saturated heterocycles. The average Bonchev–Trinajstić information content (AvgIpc) is 2.89. The predicted molar refractivity (Wildman–Crippen MR) is 60.0 cm³/mol. The first kappa shape index (κ1) is 9.95. The van der Waals surface area contributed by atoms with Crippen LogP contribution in [0.15, 0.2) is 24.3 Å². The molecule has 0 atom stereocenters. The number of rotatable bonds is 2. The van der Waals surface area contributed by atoms with Gasteiger partial charge in [-0.15, -0.1) is 0 Å². The first-order valence-electron chi connectivity index (χ1n) is 5.44. The summed E-state index contributed by atoms with van der Waals surface area (Å²) in [6, 6.07) is 6.24. The van der Waals surface area contributed by atoms with Gasteiger partial charge in [0.05, 0.1) is 22.0 Å². The molecule has 0 N–H and O–H groups in total. The van der Waals surface area contributed by atoms with Gasteiger partial charge in [-0.2, -0.15) is 15.0 Å². The lowest BCUT2D eigenvalue weighted by Crippen LogP contribution is -2.00. The lowest BCUT2D eigenvalue weighted by molar-refractivity contribution is -0.384. The van der Waals surface area contributed by atoms with Crippen LogP contribution >= 0.6 is 0 Å². The standard InChI is InChI=1S/C11H10N4O2/c16-15(17)9-6-4-8(5-7-9)14-12-10-2-1-3-11(10)13-14/h4-7H,1-3H2. The highest BCUT2D eigenvalue weighted by Crippen LogP contribution is 2.20. The summed E-state index contributed by atoms with van der Waals surface area (Å²) in [5.41, 5.74) is 2.92. The van der Waals surface area contributed by atoms with Gasteiger partial charge in [0.1, 0.15) is 0 Å². The van der Waals surface area contributed by atoms with Crippen LogP contribution in [0.25, 0.3) is 5.69 Å². The Morgan fingerprint density at radius 2 is 1.71 bits per heavy atom. The molecule has 2 aromatic rings. The molecule has 0 aliphatic heterocycles. The van der Waals surface area contributed by atoms with Gasteiger partial charge in [-0.1, -0.05) is 0 Å². The minimum atomic E-state index is -0.416. The van der Waals surface area contributed by atoms with E-state index in [0.717, 1.165) is 36.3 Å². The van der Waals surface area contributed by atoms with E-state index in [1.165, 1.54) is 12.1 Å². The van der Waals surface area contributed by atoms with Crippen LogP contribution in [-0.2, 0) is 12.8 Å². The predicted octanol–water partition coefficient (Wildman–Crippen LogP) is 1.66. The first-order chi connectivity index (χ1) is 8.24. The van der Waals surface area contributed by atoms with Crippen molar-refractivity contribution in [3.05, 3.63) is 45.8 Å². The number of benzene rings is 1. The normalized spacial score (nSPS) is 13.6. The molecule has 0 unspecified atom stereocenters. The van der Waals surface area contributed by atoms with E-state index in [1.54, 1.807) is 16.9 Å². The fraction of sp³-hybridized carbons (Fsp3) is 0.273. The Labute approximate surface area is 97.0 Å². The van der Waals surface area contributed by atoms with Crippen molar-refractivity contribution < 1.29 is 4.92 Å². The largest absolute Gasteiger partial charge is 0.269 e. The molecule has 0 saturated carbocycles. The topological polar surface area (TPSA) is 73.8 Å². The van der Waals surface area contributed by atoms with Gasteiger partial charge in [-0.25, -0.2) is 0 Å². The Kier molecular flexibility index (Phi) is 2.14. The third-order valence-electron chi connectivity index (χ3n) is 2.88. The molecule has 0 amide bonds. The van der Waals surface area contributed by atoms with E-state index < -0.39 is 4.92 Å². The molecule has 1 aliphatic carbocycles. The van der Waals surface area contributed by atoms with Crippen LogP contribution in [-0.4, -0.2) is 19.9 Å². The second kappa shape index (κ2) is 3.65. The minimum Gasteiger partial charge on any atom is -0.258 e. The van der Waals surface area contributed by atoms with Gasteiger partial charge in [0.15, 0.2) is 0 Å². The van der Waals surface area contributed by atoms with Gasteiger partial charge in [-0.05, 0) is 31.4 Å². The highest BCUT2D eigenvalue weighted by Gasteiger charge is 2.17. The van der Waals surface area contributed by atoms with Crippen molar-refractivity contribution in [1.82, 2.24) is 15.0 Å². The minimum absolute atomic E-state index is 0.0773. The van der Waals surface area contributed by atoms with E-state index in [2.05, 4.69) is 10.2 Å². The van der Waals surface area contributed by atoms with Crippen LogP contribution in [0.2, 0.25) is 0 Å². The highest BCUT2D eigenvalue weighted by atomic mass is 16.6. The molecule has 1 heterocycles. The molecule has 86 valence electrons. The number of aromatic nitrogens is 3. The van der Waals surface area contributed by atoms with E-state index in [1.807, 2.05) is 0 Å². The summed E-state index contributed by atoms with van der Waals surface area (Å²) < 4.78 is 0. The number of fused-ring (bicyclic) bond motifs is 1. The van der Waals surface area contributed by atoms with Crippen molar-refractivity contribution in [2.24, 2.45) is 0 Å². The quantitative estimate of drug-likeness (QED) is 0.581. The second-order valence-electron chi connectivity index (χ2n) is 4.01. The Morgan fingerprint density at radius 3 is 2.24 bits per heavy atom. The van der Waals surface area contributed by atoms with Crippen LogP contribution in [0, 0.1) is 10.1 Å². The second-order valence-corrected chi connectivity index (χ2v) is 4.01. The zero-order valence-electron chi connectivity index (χ0n) is 9.04. The van der Waals surface area contributed by atoms with E-state index in [0.29, 0.717) is 0 Å². The molecule has 1 aliphatic rings. The number of non-ortho nitro benzene ring substituents is 1. The van der Waals surface area contributed by atoms with Crippen molar-refractivity contribution >= 4 is 5.69 Å². The van der Waals surface area contributed by atoms with Gasteiger partial charge in [0, 0.05) is 12.1 Å². The monoisotopic (exact) mass is 230 g/mol. The molecule has 1 aromatic heterocycles. The Morgan fingerprint density at radius 1 is 1.12 bits per heavy atom. The molecule has 3 rings (SSSR count). The summed E-state index contributed by atoms with van der Waals surface area (Å²) in [5, 5.41) is 19.3. The zero-order chi connectivity index (χ0) is 11.8. The maximum Gasteiger partial charge on any atom is 0.269 e. The number of nitro groups is 1. The highest BCUT2D eigenvalue weighted by molar-refractivity contribution is 5.39. The summed E-state index contributed by atoms with van der Waals surface area (Å²) in [6.45, 7) is 0. The molecular weight excluding hydrogens is 220 g/mol. The Bertz CT molecular complexity index is 552. The number of hydrogen-bond acceptors (Lipinski definition) is 4. The van der Waals surface area contributed by atoms with Crippen LogP contribution in [0.3, 0.4) is 0 Å². The molecule has 0 radical (unpaired) electrons. The summed E-state index contributed by atoms with van der Waals surface area (Å²) in [7, 11) is 0. The number of aryl methyl sites for hydroxylation is 2. The smallest absolute Gasteiger partial charge is 0.258 e. The van der Waals surface area contributed by atoms with Crippen molar-refractivity contribution in [2.45, 2.75) is 19.3 Å². The fourth-order valence-electron chi connectivity index (χ4n) is 2.00. The van der Waals surface area contributed by atoms with Gasteiger partial charge >= 0.3 is 0 Å². The van der Waals surface area contributed by atoms with Crippen LogP contribution < -0.4 is 0 Å². The zero-order valence-corrected chi connectivity index (χ0v) is 9.04.